The molecule has 0 saturated carbocycles. The number of amides is 2. The van der Waals surface area contributed by atoms with Gasteiger partial charge in [0.25, 0.3) is 0 Å². The number of aryl methyl sites for hydroxylation is 1. The molecule has 2 heterocycles. The summed E-state index contributed by atoms with van der Waals surface area (Å²) in [6, 6.07) is -0.178. The van der Waals surface area contributed by atoms with Crippen LogP contribution in [0.4, 0.5) is 0 Å². The Morgan fingerprint density at radius 1 is 1.48 bits per heavy atom. The Balaban J connectivity index is 1.99. The fourth-order valence-electron chi connectivity index (χ4n) is 2.61. The van der Waals surface area contributed by atoms with Gasteiger partial charge < -0.3 is 10.2 Å². The molecule has 0 spiro atoms. The van der Waals surface area contributed by atoms with E-state index in [0.717, 1.165) is 18.7 Å². The Morgan fingerprint density at radius 2 is 2.24 bits per heavy atom. The summed E-state index contributed by atoms with van der Waals surface area (Å²) in [6.45, 7) is 5.00. The Labute approximate surface area is 124 Å². The van der Waals surface area contributed by atoms with Crippen LogP contribution in [-0.4, -0.2) is 44.6 Å². The molecule has 0 aliphatic carbocycles. The van der Waals surface area contributed by atoms with Crippen molar-refractivity contribution < 1.29 is 9.59 Å². The van der Waals surface area contributed by atoms with Gasteiger partial charge in [0.2, 0.25) is 11.8 Å². The Morgan fingerprint density at radius 3 is 2.76 bits per heavy atom. The molecule has 0 bridgehead atoms. The fourth-order valence-corrected chi connectivity index (χ4v) is 2.61. The van der Waals surface area contributed by atoms with Gasteiger partial charge in [0, 0.05) is 20.0 Å². The number of likely N-dealkylation sites (tertiary alicyclic amines) is 1. The third kappa shape index (κ3) is 4.03. The molecule has 1 saturated heterocycles. The molecule has 1 N–H and O–H groups in total. The van der Waals surface area contributed by atoms with Gasteiger partial charge in [0.1, 0.15) is 12.2 Å². The molecule has 7 heteroatoms. The minimum Gasteiger partial charge on any atom is -0.345 e. The van der Waals surface area contributed by atoms with E-state index in [4.69, 9.17) is 0 Å². The van der Waals surface area contributed by atoms with Gasteiger partial charge in [-0.1, -0.05) is 13.8 Å². The lowest BCUT2D eigenvalue weighted by Gasteiger charge is -2.22. The molecule has 1 aliphatic rings. The van der Waals surface area contributed by atoms with Crippen LogP contribution in [0.5, 0.6) is 0 Å². The van der Waals surface area contributed by atoms with E-state index in [1.807, 2.05) is 7.05 Å². The van der Waals surface area contributed by atoms with Crippen LogP contribution in [0.2, 0.25) is 0 Å². The molecule has 1 aliphatic heterocycles. The second-order valence-corrected chi connectivity index (χ2v) is 5.91. The summed E-state index contributed by atoms with van der Waals surface area (Å²) in [4.78, 5) is 29.6. The van der Waals surface area contributed by atoms with Crippen LogP contribution in [0, 0.1) is 5.92 Å². The SMILES string of the molecule is CC(C)C[C@@H](NC(=O)CN1CCCC1=O)c1ncnn1C. The average Bonchev–Trinajstić information content (AvgIpc) is 2.98. The lowest BCUT2D eigenvalue weighted by atomic mass is 10.0. The summed E-state index contributed by atoms with van der Waals surface area (Å²) in [5.41, 5.74) is 0. The summed E-state index contributed by atoms with van der Waals surface area (Å²) in [7, 11) is 1.81. The number of nitrogens with zero attached hydrogens (tertiary/aromatic N) is 4. The van der Waals surface area contributed by atoms with Gasteiger partial charge in [0.15, 0.2) is 0 Å². The first-order valence-corrected chi connectivity index (χ1v) is 7.38. The van der Waals surface area contributed by atoms with Gasteiger partial charge in [-0.25, -0.2) is 4.98 Å². The summed E-state index contributed by atoms with van der Waals surface area (Å²) < 4.78 is 1.67. The minimum absolute atomic E-state index is 0.0595. The molecule has 1 atom stereocenters. The molecule has 1 fully saturated rings. The second kappa shape index (κ2) is 6.69. The van der Waals surface area contributed by atoms with Crippen molar-refractivity contribution in [3.63, 3.8) is 0 Å². The first kappa shape index (κ1) is 15.5. The lowest BCUT2D eigenvalue weighted by molar-refractivity contribution is -0.133. The molecule has 1 aromatic heterocycles. The number of carbonyl (C=O) groups is 2. The van der Waals surface area contributed by atoms with Crippen molar-refractivity contribution >= 4 is 11.8 Å². The highest BCUT2D eigenvalue weighted by Crippen LogP contribution is 2.19. The maximum absolute atomic E-state index is 12.2. The molecular formula is C14H23N5O2. The highest BCUT2D eigenvalue weighted by atomic mass is 16.2. The zero-order chi connectivity index (χ0) is 15.4. The summed E-state index contributed by atoms with van der Waals surface area (Å²) >= 11 is 0. The van der Waals surface area contributed by atoms with Crippen molar-refractivity contribution in [2.75, 3.05) is 13.1 Å². The first-order chi connectivity index (χ1) is 9.97. The number of hydrogen-bond donors (Lipinski definition) is 1. The van der Waals surface area contributed by atoms with Crippen LogP contribution in [0.1, 0.15) is 45.0 Å². The smallest absolute Gasteiger partial charge is 0.240 e. The van der Waals surface area contributed by atoms with E-state index in [1.165, 1.54) is 6.33 Å². The van der Waals surface area contributed by atoms with Crippen molar-refractivity contribution in [2.24, 2.45) is 13.0 Å². The third-order valence-corrected chi connectivity index (χ3v) is 3.61. The van der Waals surface area contributed by atoms with Gasteiger partial charge in [-0.3, -0.25) is 14.3 Å². The van der Waals surface area contributed by atoms with Gasteiger partial charge in [-0.15, -0.1) is 0 Å². The van der Waals surface area contributed by atoms with E-state index in [-0.39, 0.29) is 24.4 Å². The minimum atomic E-state index is -0.178. The zero-order valence-electron chi connectivity index (χ0n) is 12.9. The van der Waals surface area contributed by atoms with Gasteiger partial charge in [-0.05, 0) is 18.8 Å². The first-order valence-electron chi connectivity index (χ1n) is 7.38. The van der Waals surface area contributed by atoms with Crippen molar-refractivity contribution in [1.82, 2.24) is 25.0 Å². The van der Waals surface area contributed by atoms with E-state index in [9.17, 15) is 9.59 Å². The highest BCUT2D eigenvalue weighted by molar-refractivity contribution is 5.85. The predicted molar refractivity (Wildman–Crippen MR) is 77.2 cm³/mol. The predicted octanol–water partition coefficient (Wildman–Crippen LogP) is 0.641. The van der Waals surface area contributed by atoms with Crippen LogP contribution in [-0.2, 0) is 16.6 Å². The van der Waals surface area contributed by atoms with Crippen LogP contribution in [0.15, 0.2) is 6.33 Å². The molecule has 21 heavy (non-hydrogen) atoms. The molecule has 0 unspecified atom stereocenters. The van der Waals surface area contributed by atoms with E-state index < -0.39 is 0 Å². The van der Waals surface area contributed by atoms with Crippen molar-refractivity contribution in [1.29, 1.82) is 0 Å². The van der Waals surface area contributed by atoms with E-state index in [1.54, 1.807) is 9.58 Å². The fraction of sp³-hybridized carbons (Fsp3) is 0.714. The Kier molecular flexibility index (Phi) is 4.93. The van der Waals surface area contributed by atoms with E-state index in [2.05, 4.69) is 29.2 Å². The standard InChI is InChI=1S/C14H23N5O2/c1-10(2)7-11(14-15-9-16-18(14)3)17-12(20)8-19-6-4-5-13(19)21/h9-11H,4-8H2,1-3H3,(H,17,20)/t11-/m1/s1. The van der Waals surface area contributed by atoms with Crippen LogP contribution in [0.3, 0.4) is 0 Å². The largest absolute Gasteiger partial charge is 0.345 e. The zero-order valence-corrected chi connectivity index (χ0v) is 12.9. The van der Waals surface area contributed by atoms with Crippen LogP contribution < -0.4 is 5.32 Å². The van der Waals surface area contributed by atoms with Crippen molar-refractivity contribution in [2.45, 2.75) is 39.2 Å². The summed E-state index contributed by atoms with van der Waals surface area (Å²) in [5.74, 6) is 1.08. The maximum Gasteiger partial charge on any atom is 0.240 e. The number of carbonyl (C=O) groups excluding carboxylic acids is 2. The average molecular weight is 293 g/mol. The maximum atomic E-state index is 12.2. The lowest BCUT2D eigenvalue weighted by Crippen LogP contribution is -2.40. The Bertz CT molecular complexity index is 511. The highest BCUT2D eigenvalue weighted by Gasteiger charge is 2.25. The third-order valence-electron chi connectivity index (χ3n) is 3.61. The Hall–Kier alpha value is -1.92. The molecule has 0 radical (unpaired) electrons. The van der Waals surface area contributed by atoms with Crippen molar-refractivity contribution in [3.8, 4) is 0 Å². The topological polar surface area (TPSA) is 80.1 Å². The molecule has 116 valence electrons. The van der Waals surface area contributed by atoms with Crippen molar-refractivity contribution in [3.05, 3.63) is 12.2 Å². The normalized spacial score (nSPS) is 16.6. The molecule has 0 aromatic carbocycles. The van der Waals surface area contributed by atoms with Gasteiger partial charge >= 0.3 is 0 Å². The molecule has 2 rings (SSSR count). The quantitative estimate of drug-likeness (QED) is 0.834. The monoisotopic (exact) mass is 293 g/mol. The molecule has 7 nitrogen and oxygen atoms in total. The van der Waals surface area contributed by atoms with Crippen LogP contribution in [0.25, 0.3) is 0 Å². The van der Waals surface area contributed by atoms with E-state index in [0.29, 0.717) is 18.9 Å². The van der Waals surface area contributed by atoms with E-state index >= 15 is 0 Å². The molecule has 2 amide bonds. The number of hydrogen-bond acceptors (Lipinski definition) is 4. The van der Waals surface area contributed by atoms with Gasteiger partial charge in [-0.2, -0.15) is 5.10 Å². The van der Waals surface area contributed by atoms with Gasteiger partial charge in [0.05, 0.1) is 12.6 Å². The number of aromatic nitrogens is 3. The second-order valence-electron chi connectivity index (χ2n) is 5.91. The molecular weight excluding hydrogens is 270 g/mol. The number of rotatable bonds is 6. The summed E-state index contributed by atoms with van der Waals surface area (Å²) in [5, 5.41) is 7.04. The molecule has 1 aromatic rings. The number of nitrogens with one attached hydrogen (secondary N) is 1. The van der Waals surface area contributed by atoms with Crippen LogP contribution >= 0.6 is 0 Å². The summed E-state index contributed by atoms with van der Waals surface area (Å²) in [6.07, 6.45) is 3.65.